The molecule has 0 unspecified atom stereocenters. The molecule has 3 rings (SSSR count). The number of nitrogens with one attached hydrogen (secondary N) is 2. The van der Waals surface area contributed by atoms with E-state index in [9.17, 15) is 13.2 Å². The van der Waals surface area contributed by atoms with Crippen molar-refractivity contribution >= 4 is 27.6 Å². The summed E-state index contributed by atoms with van der Waals surface area (Å²) >= 11 is 0. The summed E-state index contributed by atoms with van der Waals surface area (Å²) < 4.78 is 35.0. The maximum Gasteiger partial charge on any atom is 0.344 e. The lowest BCUT2D eigenvalue weighted by Crippen LogP contribution is -2.48. The smallest absolute Gasteiger partial charge is 0.344 e. The SMILES string of the molecule is CCc1cnccc1C(=O)NC(C)(C)COc1cccc2c1C(N)=NS(=O)(=O)N2. The summed E-state index contributed by atoms with van der Waals surface area (Å²) in [6.45, 7) is 5.74. The minimum Gasteiger partial charge on any atom is -0.490 e. The summed E-state index contributed by atoms with van der Waals surface area (Å²) in [5.74, 6) is -0.00558. The van der Waals surface area contributed by atoms with Crippen LogP contribution in [0.3, 0.4) is 0 Å². The number of fused-ring (bicyclic) bond motifs is 1. The molecule has 0 radical (unpaired) electrons. The molecule has 0 spiro atoms. The van der Waals surface area contributed by atoms with Gasteiger partial charge in [0.15, 0.2) is 5.84 Å². The first-order valence-electron chi connectivity index (χ1n) is 9.01. The number of rotatable bonds is 6. The Morgan fingerprint density at radius 3 is 2.79 bits per heavy atom. The molecule has 1 aliphatic rings. The standard InChI is InChI=1S/C19H23N5O4S/c1-4-12-10-21-9-8-13(12)18(25)22-19(2,3)11-28-15-7-5-6-14-16(15)17(20)24-29(26,27)23-14/h5-10,23H,4,11H2,1-3H3,(H2,20,24)(H,22,25). The van der Waals surface area contributed by atoms with Gasteiger partial charge in [0.1, 0.15) is 12.4 Å². The highest BCUT2D eigenvalue weighted by Gasteiger charge is 2.27. The molecule has 2 aromatic rings. The van der Waals surface area contributed by atoms with Crippen LogP contribution in [0, 0.1) is 0 Å². The first-order chi connectivity index (χ1) is 13.6. The van der Waals surface area contributed by atoms with Crippen LogP contribution in [0.2, 0.25) is 0 Å². The van der Waals surface area contributed by atoms with Crippen molar-refractivity contribution in [1.82, 2.24) is 10.3 Å². The molecule has 1 aromatic carbocycles. The number of nitrogens with zero attached hydrogens (tertiary/aromatic N) is 2. The molecule has 0 atom stereocenters. The highest BCUT2D eigenvalue weighted by Crippen LogP contribution is 2.30. The normalized spacial score (nSPS) is 14.9. The van der Waals surface area contributed by atoms with Crippen LogP contribution >= 0.6 is 0 Å². The third-order valence-corrected chi connectivity index (χ3v) is 5.22. The Bertz CT molecular complexity index is 1080. The van der Waals surface area contributed by atoms with Crippen LogP contribution in [0.25, 0.3) is 0 Å². The molecule has 0 saturated carbocycles. The van der Waals surface area contributed by atoms with Gasteiger partial charge >= 0.3 is 10.2 Å². The molecular formula is C19H23N5O4S. The Labute approximate surface area is 169 Å². The number of aromatic nitrogens is 1. The predicted octanol–water partition coefficient (Wildman–Crippen LogP) is 1.61. The zero-order chi connectivity index (χ0) is 21.2. The van der Waals surface area contributed by atoms with Crippen LogP contribution in [-0.2, 0) is 16.6 Å². The second kappa shape index (κ2) is 7.70. The number of ether oxygens (including phenoxy) is 1. The Balaban J connectivity index is 1.76. The number of hydrogen-bond donors (Lipinski definition) is 3. The van der Waals surface area contributed by atoms with Gasteiger partial charge in [-0.05, 0) is 44.0 Å². The number of amidine groups is 1. The fraction of sp³-hybridized carbons (Fsp3) is 0.316. The molecule has 0 bridgehead atoms. The number of anilines is 1. The fourth-order valence-corrected chi connectivity index (χ4v) is 3.78. The van der Waals surface area contributed by atoms with Crippen LogP contribution in [0.4, 0.5) is 5.69 Å². The van der Waals surface area contributed by atoms with Crippen LogP contribution in [-0.4, -0.2) is 37.3 Å². The lowest BCUT2D eigenvalue weighted by atomic mass is 10.0. The average molecular weight is 417 g/mol. The van der Waals surface area contributed by atoms with Crippen LogP contribution in [0.1, 0.15) is 42.3 Å². The van der Waals surface area contributed by atoms with E-state index in [1.165, 1.54) is 0 Å². The summed E-state index contributed by atoms with van der Waals surface area (Å²) in [6, 6.07) is 6.56. The van der Waals surface area contributed by atoms with Crippen LogP contribution in [0.15, 0.2) is 41.1 Å². The quantitative estimate of drug-likeness (QED) is 0.653. The van der Waals surface area contributed by atoms with Crippen molar-refractivity contribution in [1.29, 1.82) is 0 Å². The van der Waals surface area contributed by atoms with Gasteiger partial charge in [-0.15, -0.1) is 4.40 Å². The number of hydrogen-bond acceptors (Lipinski definition) is 6. The molecule has 1 aromatic heterocycles. The van der Waals surface area contributed by atoms with Crippen molar-refractivity contribution in [3.63, 3.8) is 0 Å². The maximum atomic E-state index is 12.7. The van der Waals surface area contributed by atoms with Gasteiger partial charge in [-0.2, -0.15) is 8.42 Å². The summed E-state index contributed by atoms with van der Waals surface area (Å²) in [5.41, 5.74) is 7.20. The molecule has 0 aliphatic carbocycles. The van der Waals surface area contributed by atoms with Crippen molar-refractivity contribution in [3.05, 3.63) is 53.3 Å². The summed E-state index contributed by atoms with van der Waals surface area (Å²) in [7, 11) is -3.86. The molecule has 9 nitrogen and oxygen atoms in total. The van der Waals surface area contributed by atoms with Crippen LogP contribution in [0.5, 0.6) is 5.75 Å². The van der Waals surface area contributed by atoms with Gasteiger partial charge in [-0.3, -0.25) is 14.5 Å². The lowest BCUT2D eigenvalue weighted by Gasteiger charge is -2.28. The topological polar surface area (TPSA) is 136 Å². The van der Waals surface area contributed by atoms with Crippen molar-refractivity contribution in [3.8, 4) is 5.75 Å². The second-order valence-corrected chi connectivity index (χ2v) is 8.58. The zero-order valence-electron chi connectivity index (χ0n) is 16.4. The molecule has 0 saturated heterocycles. The lowest BCUT2D eigenvalue weighted by molar-refractivity contribution is 0.0879. The van der Waals surface area contributed by atoms with Gasteiger partial charge in [-0.25, -0.2) is 0 Å². The van der Waals surface area contributed by atoms with Crippen LogP contribution < -0.4 is 20.5 Å². The Hall–Kier alpha value is -3.14. The van der Waals surface area contributed by atoms with Gasteiger partial charge in [0.05, 0.1) is 16.8 Å². The highest BCUT2D eigenvalue weighted by molar-refractivity contribution is 7.91. The first-order valence-corrected chi connectivity index (χ1v) is 10.5. The van der Waals surface area contributed by atoms with E-state index in [2.05, 4.69) is 19.4 Å². The van der Waals surface area contributed by atoms with Crippen molar-refractivity contribution in [2.45, 2.75) is 32.7 Å². The number of aryl methyl sites for hydroxylation is 1. The molecule has 29 heavy (non-hydrogen) atoms. The summed E-state index contributed by atoms with van der Waals surface area (Å²) in [4.78, 5) is 16.8. The number of carbonyl (C=O) groups is 1. The average Bonchev–Trinajstić information content (AvgIpc) is 2.64. The number of amides is 1. The Morgan fingerprint density at radius 1 is 1.31 bits per heavy atom. The van der Waals surface area contributed by atoms with Crippen molar-refractivity contribution in [2.24, 2.45) is 10.1 Å². The zero-order valence-corrected chi connectivity index (χ0v) is 17.2. The molecular weight excluding hydrogens is 394 g/mol. The minimum absolute atomic E-state index is 0.127. The third kappa shape index (κ3) is 4.65. The van der Waals surface area contributed by atoms with E-state index in [0.29, 0.717) is 29.0 Å². The van der Waals surface area contributed by atoms with E-state index < -0.39 is 15.7 Å². The van der Waals surface area contributed by atoms with Gasteiger partial charge in [-0.1, -0.05) is 13.0 Å². The van der Waals surface area contributed by atoms with Crippen molar-refractivity contribution < 1.29 is 17.9 Å². The molecule has 1 amide bonds. The molecule has 4 N–H and O–H groups in total. The van der Waals surface area contributed by atoms with E-state index in [0.717, 1.165) is 5.56 Å². The maximum absolute atomic E-state index is 12.7. The molecule has 2 heterocycles. The van der Waals surface area contributed by atoms with E-state index in [1.807, 2.05) is 20.8 Å². The Morgan fingerprint density at radius 2 is 2.07 bits per heavy atom. The van der Waals surface area contributed by atoms with Crippen molar-refractivity contribution in [2.75, 3.05) is 11.3 Å². The Kier molecular flexibility index (Phi) is 5.47. The minimum atomic E-state index is -3.86. The third-order valence-electron chi connectivity index (χ3n) is 4.31. The number of nitrogens with two attached hydrogens (primary N) is 1. The highest BCUT2D eigenvalue weighted by atomic mass is 32.2. The van der Waals surface area contributed by atoms with E-state index in [4.69, 9.17) is 10.5 Å². The molecule has 154 valence electrons. The monoisotopic (exact) mass is 417 g/mol. The number of pyridine rings is 1. The first kappa shape index (κ1) is 20.6. The van der Waals surface area contributed by atoms with Gasteiger partial charge < -0.3 is 15.8 Å². The van der Waals surface area contributed by atoms with E-state index in [1.54, 1.807) is 36.7 Å². The summed E-state index contributed by atoms with van der Waals surface area (Å²) in [5, 5.41) is 2.96. The van der Waals surface area contributed by atoms with E-state index in [-0.39, 0.29) is 18.3 Å². The molecule has 1 aliphatic heterocycles. The molecule has 0 fully saturated rings. The number of benzene rings is 1. The van der Waals surface area contributed by atoms with Gasteiger partial charge in [0, 0.05) is 18.0 Å². The second-order valence-electron chi connectivity index (χ2n) is 7.25. The predicted molar refractivity (Wildman–Crippen MR) is 110 cm³/mol. The fourth-order valence-electron chi connectivity index (χ4n) is 2.94. The summed E-state index contributed by atoms with van der Waals surface area (Å²) in [6.07, 6.45) is 3.95. The molecule has 10 heteroatoms. The van der Waals surface area contributed by atoms with Gasteiger partial charge in [0.25, 0.3) is 5.91 Å². The van der Waals surface area contributed by atoms with E-state index >= 15 is 0 Å². The number of carbonyl (C=O) groups excluding carboxylic acids is 1. The largest absolute Gasteiger partial charge is 0.490 e. The van der Waals surface area contributed by atoms with Gasteiger partial charge in [0.2, 0.25) is 0 Å².